The molecule has 2 fully saturated rings. The van der Waals surface area contributed by atoms with E-state index in [-0.39, 0.29) is 5.92 Å². The van der Waals surface area contributed by atoms with E-state index in [9.17, 15) is 4.79 Å². The maximum atomic E-state index is 13.0. The van der Waals surface area contributed by atoms with E-state index in [1.165, 1.54) is 32.1 Å². The van der Waals surface area contributed by atoms with Gasteiger partial charge in [-0.05, 0) is 43.9 Å². The summed E-state index contributed by atoms with van der Waals surface area (Å²) in [4.78, 5) is 15.1. The Morgan fingerprint density at radius 3 is 2.38 bits per heavy atom. The van der Waals surface area contributed by atoms with Gasteiger partial charge in [-0.25, -0.2) is 0 Å². The SMILES string of the molecule is CCC(CC)N(CCN)C(=O)C1CCC2CCCCC2C1. The van der Waals surface area contributed by atoms with Crippen LogP contribution in [0.3, 0.4) is 0 Å². The van der Waals surface area contributed by atoms with Crippen molar-refractivity contribution >= 4 is 5.91 Å². The van der Waals surface area contributed by atoms with Crippen LogP contribution in [0.2, 0.25) is 0 Å². The number of carbonyl (C=O) groups is 1. The summed E-state index contributed by atoms with van der Waals surface area (Å²) in [5, 5.41) is 0. The molecule has 1 amide bonds. The summed E-state index contributed by atoms with van der Waals surface area (Å²) in [6.45, 7) is 5.68. The topological polar surface area (TPSA) is 46.3 Å². The van der Waals surface area contributed by atoms with Crippen molar-refractivity contribution in [3.63, 3.8) is 0 Å². The van der Waals surface area contributed by atoms with Crippen LogP contribution >= 0.6 is 0 Å². The van der Waals surface area contributed by atoms with Gasteiger partial charge in [0.2, 0.25) is 5.91 Å². The number of rotatable bonds is 6. The summed E-state index contributed by atoms with van der Waals surface area (Å²) in [5.74, 6) is 2.41. The predicted octanol–water partition coefficient (Wildman–Crippen LogP) is 3.57. The van der Waals surface area contributed by atoms with Gasteiger partial charge in [-0.2, -0.15) is 0 Å². The van der Waals surface area contributed by atoms with Crippen molar-refractivity contribution < 1.29 is 4.79 Å². The van der Waals surface area contributed by atoms with Gasteiger partial charge in [0.1, 0.15) is 0 Å². The van der Waals surface area contributed by atoms with E-state index >= 15 is 0 Å². The number of nitrogens with two attached hydrogens (primary N) is 1. The summed E-state index contributed by atoms with van der Waals surface area (Å²) in [6, 6.07) is 0.380. The van der Waals surface area contributed by atoms with Crippen LogP contribution in [0, 0.1) is 17.8 Å². The Bertz CT molecular complexity index is 327. The van der Waals surface area contributed by atoms with Gasteiger partial charge >= 0.3 is 0 Å². The zero-order valence-electron chi connectivity index (χ0n) is 14.0. The second-order valence-corrected chi connectivity index (χ2v) is 7.11. The number of fused-ring (bicyclic) bond motifs is 1. The lowest BCUT2D eigenvalue weighted by Crippen LogP contribution is -2.47. The highest BCUT2D eigenvalue weighted by Crippen LogP contribution is 2.43. The molecule has 2 rings (SSSR count). The van der Waals surface area contributed by atoms with E-state index in [1.54, 1.807) is 0 Å². The fourth-order valence-electron chi connectivity index (χ4n) is 4.67. The van der Waals surface area contributed by atoms with Crippen molar-refractivity contribution in [1.82, 2.24) is 4.90 Å². The first-order chi connectivity index (χ1) is 10.2. The molecule has 3 nitrogen and oxygen atoms in total. The first-order valence-corrected chi connectivity index (χ1v) is 9.21. The molecule has 0 aromatic carbocycles. The number of hydrogen-bond donors (Lipinski definition) is 1. The van der Waals surface area contributed by atoms with Gasteiger partial charge in [0.15, 0.2) is 0 Å². The van der Waals surface area contributed by atoms with Gasteiger partial charge in [-0.15, -0.1) is 0 Å². The third-order valence-corrected chi connectivity index (χ3v) is 5.93. The molecule has 0 aliphatic heterocycles. The molecule has 21 heavy (non-hydrogen) atoms. The fourth-order valence-corrected chi connectivity index (χ4v) is 4.67. The highest BCUT2D eigenvalue weighted by Gasteiger charge is 2.37. The lowest BCUT2D eigenvalue weighted by atomic mass is 9.67. The van der Waals surface area contributed by atoms with Crippen molar-refractivity contribution in [3.8, 4) is 0 Å². The lowest BCUT2D eigenvalue weighted by molar-refractivity contribution is -0.140. The van der Waals surface area contributed by atoms with E-state index in [4.69, 9.17) is 5.73 Å². The summed E-state index contributed by atoms with van der Waals surface area (Å²) in [7, 11) is 0. The largest absolute Gasteiger partial charge is 0.338 e. The number of nitrogens with zero attached hydrogens (tertiary/aromatic N) is 1. The second-order valence-electron chi connectivity index (χ2n) is 7.11. The number of amides is 1. The van der Waals surface area contributed by atoms with Crippen LogP contribution in [0.15, 0.2) is 0 Å². The number of carbonyl (C=O) groups excluding carboxylic acids is 1. The van der Waals surface area contributed by atoms with E-state index < -0.39 is 0 Å². The minimum atomic E-state index is 0.275. The molecule has 2 aliphatic carbocycles. The van der Waals surface area contributed by atoms with Crippen molar-refractivity contribution in [2.75, 3.05) is 13.1 Å². The maximum absolute atomic E-state index is 13.0. The Morgan fingerprint density at radius 1 is 1.10 bits per heavy atom. The molecule has 0 saturated heterocycles. The van der Waals surface area contributed by atoms with E-state index in [0.29, 0.717) is 18.5 Å². The van der Waals surface area contributed by atoms with Crippen molar-refractivity contribution in [2.45, 2.75) is 77.7 Å². The molecule has 2 saturated carbocycles. The quantitative estimate of drug-likeness (QED) is 0.814. The van der Waals surface area contributed by atoms with Crippen LogP contribution in [0.1, 0.15) is 71.6 Å². The van der Waals surface area contributed by atoms with E-state index in [1.807, 2.05) is 0 Å². The highest BCUT2D eigenvalue weighted by molar-refractivity contribution is 5.79. The van der Waals surface area contributed by atoms with Gasteiger partial charge in [-0.1, -0.05) is 39.5 Å². The Balaban J connectivity index is 1.99. The number of hydrogen-bond acceptors (Lipinski definition) is 2. The molecular weight excluding hydrogens is 260 g/mol. The van der Waals surface area contributed by atoms with Crippen molar-refractivity contribution in [1.29, 1.82) is 0 Å². The molecule has 3 unspecified atom stereocenters. The Kier molecular flexibility index (Phi) is 6.53. The van der Waals surface area contributed by atoms with Crippen molar-refractivity contribution in [3.05, 3.63) is 0 Å². The third-order valence-electron chi connectivity index (χ3n) is 5.93. The molecule has 0 aromatic heterocycles. The monoisotopic (exact) mass is 294 g/mol. The van der Waals surface area contributed by atoms with Crippen LogP contribution in [0.5, 0.6) is 0 Å². The van der Waals surface area contributed by atoms with Crippen LogP contribution in [0.25, 0.3) is 0 Å². The van der Waals surface area contributed by atoms with E-state index in [0.717, 1.165) is 44.1 Å². The molecule has 122 valence electrons. The Hall–Kier alpha value is -0.570. The third kappa shape index (κ3) is 4.00. The smallest absolute Gasteiger partial charge is 0.225 e. The van der Waals surface area contributed by atoms with Crippen LogP contribution < -0.4 is 5.73 Å². The molecular formula is C18H34N2O. The second kappa shape index (κ2) is 8.17. The van der Waals surface area contributed by atoms with Gasteiger partial charge in [0.25, 0.3) is 0 Å². The first kappa shape index (κ1) is 16.8. The fraction of sp³-hybridized carbons (Fsp3) is 0.944. The van der Waals surface area contributed by atoms with Gasteiger partial charge in [0.05, 0.1) is 0 Å². The minimum Gasteiger partial charge on any atom is -0.338 e. The average Bonchev–Trinajstić information content (AvgIpc) is 2.54. The summed E-state index contributed by atoms with van der Waals surface area (Å²) >= 11 is 0. The van der Waals surface area contributed by atoms with Gasteiger partial charge in [-0.3, -0.25) is 4.79 Å². The van der Waals surface area contributed by atoms with Gasteiger partial charge in [0, 0.05) is 25.0 Å². The Morgan fingerprint density at radius 2 is 1.76 bits per heavy atom. The molecule has 2 N–H and O–H groups in total. The van der Waals surface area contributed by atoms with Crippen LogP contribution in [-0.4, -0.2) is 29.9 Å². The summed E-state index contributed by atoms with van der Waals surface area (Å²) in [6.07, 6.45) is 11.2. The molecule has 0 heterocycles. The summed E-state index contributed by atoms with van der Waals surface area (Å²) in [5.41, 5.74) is 5.76. The predicted molar refractivity (Wildman–Crippen MR) is 87.9 cm³/mol. The van der Waals surface area contributed by atoms with E-state index in [2.05, 4.69) is 18.7 Å². The van der Waals surface area contributed by atoms with Gasteiger partial charge < -0.3 is 10.6 Å². The average molecular weight is 294 g/mol. The normalized spacial score (nSPS) is 29.2. The molecule has 3 atom stereocenters. The molecule has 0 spiro atoms. The summed E-state index contributed by atoms with van der Waals surface area (Å²) < 4.78 is 0. The standard InChI is InChI=1S/C18H34N2O/c1-3-17(4-2)20(12-11-19)18(21)16-10-9-14-7-5-6-8-15(14)13-16/h14-17H,3-13,19H2,1-2H3. The maximum Gasteiger partial charge on any atom is 0.225 e. The lowest BCUT2D eigenvalue weighted by Gasteiger charge is -2.41. The molecule has 2 aliphatic rings. The van der Waals surface area contributed by atoms with Crippen molar-refractivity contribution in [2.24, 2.45) is 23.5 Å². The molecule has 3 heteroatoms. The van der Waals surface area contributed by atoms with Crippen LogP contribution in [-0.2, 0) is 4.79 Å². The zero-order valence-corrected chi connectivity index (χ0v) is 14.0. The molecule has 0 bridgehead atoms. The minimum absolute atomic E-state index is 0.275. The Labute approximate surface area is 130 Å². The first-order valence-electron chi connectivity index (χ1n) is 9.21. The highest BCUT2D eigenvalue weighted by atomic mass is 16.2. The zero-order chi connectivity index (χ0) is 15.2. The van der Waals surface area contributed by atoms with Crippen LogP contribution in [0.4, 0.5) is 0 Å². The molecule has 0 aromatic rings. The molecule has 0 radical (unpaired) electrons.